The molecular weight excluding hydrogens is 380 g/mol. The third-order valence-corrected chi connectivity index (χ3v) is 7.05. The van der Waals surface area contributed by atoms with Crippen molar-refractivity contribution in [1.29, 1.82) is 0 Å². The summed E-state index contributed by atoms with van der Waals surface area (Å²) in [5, 5.41) is 7.09. The van der Waals surface area contributed by atoms with Gasteiger partial charge >= 0.3 is 0 Å². The number of halogens is 1. The van der Waals surface area contributed by atoms with Crippen LogP contribution in [0.1, 0.15) is 24.8 Å². The average Bonchev–Trinajstić information content (AvgIpc) is 3.01. The number of rotatable bonds is 5. The second kappa shape index (κ2) is 7.86. The molecule has 0 bridgehead atoms. The first-order valence-electron chi connectivity index (χ1n) is 8.05. The molecule has 1 unspecified atom stereocenters. The van der Waals surface area contributed by atoms with Crippen LogP contribution in [0.5, 0.6) is 0 Å². The number of hydrogen-bond acceptors (Lipinski definition) is 4. The van der Waals surface area contributed by atoms with Crippen LogP contribution in [0, 0.1) is 0 Å². The number of carbonyl (C=O) groups excluding carboxylic acids is 1. The van der Waals surface area contributed by atoms with Crippen LogP contribution < -0.4 is 5.32 Å². The van der Waals surface area contributed by atoms with Gasteiger partial charge < -0.3 is 5.32 Å². The topological polar surface area (TPSA) is 66.5 Å². The maximum Gasteiger partial charge on any atom is 0.244 e. The van der Waals surface area contributed by atoms with Crippen molar-refractivity contribution in [3.8, 4) is 0 Å². The van der Waals surface area contributed by atoms with E-state index in [4.69, 9.17) is 11.6 Å². The minimum atomic E-state index is -3.82. The van der Waals surface area contributed by atoms with Crippen LogP contribution >= 0.6 is 22.9 Å². The summed E-state index contributed by atoms with van der Waals surface area (Å²) in [5.74, 6) is -0.231. The first-order chi connectivity index (χ1) is 12.0. The lowest BCUT2D eigenvalue weighted by Gasteiger charge is -2.29. The molecule has 3 rings (SSSR count). The van der Waals surface area contributed by atoms with Crippen molar-refractivity contribution in [1.82, 2.24) is 9.62 Å². The normalized spacial score (nSPS) is 18.8. The summed E-state index contributed by atoms with van der Waals surface area (Å²) in [6.45, 7) is 0.759. The molecule has 5 nitrogen and oxygen atoms in total. The molecule has 1 fully saturated rings. The van der Waals surface area contributed by atoms with E-state index in [0.29, 0.717) is 18.0 Å². The first kappa shape index (κ1) is 18.4. The zero-order valence-corrected chi connectivity index (χ0v) is 15.9. The molecule has 1 amide bonds. The van der Waals surface area contributed by atoms with Crippen LogP contribution in [0.3, 0.4) is 0 Å². The van der Waals surface area contributed by atoms with Crippen LogP contribution in [0.2, 0.25) is 5.02 Å². The molecule has 25 heavy (non-hydrogen) atoms. The fourth-order valence-corrected chi connectivity index (χ4v) is 5.26. The largest absolute Gasteiger partial charge is 0.355 e. The van der Waals surface area contributed by atoms with E-state index < -0.39 is 16.1 Å². The molecule has 2 heterocycles. The van der Waals surface area contributed by atoms with Crippen LogP contribution in [0.15, 0.2) is 46.0 Å². The van der Waals surface area contributed by atoms with E-state index in [1.165, 1.54) is 27.8 Å². The zero-order valence-electron chi connectivity index (χ0n) is 13.5. The first-order valence-corrected chi connectivity index (χ1v) is 10.8. The highest BCUT2D eigenvalue weighted by atomic mass is 35.5. The van der Waals surface area contributed by atoms with Crippen molar-refractivity contribution < 1.29 is 13.2 Å². The number of carbonyl (C=O) groups is 1. The van der Waals surface area contributed by atoms with Gasteiger partial charge in [-0.25, -0.2) is 8.42 Å². The molecule has 0 radical (unpaired) electrons. The molecule has 1 atom stereocenters. The lowest BCUT2D eigenvalue weighted by molar-refractivity contribution is -0.124. The second-order valence-corrected chi connectivity index (χ2v) is 9.05. The lowest BCUT2D eigenvalue weighted by atomic mass is 10.1. The molecule has 1 saturated heterocycles. The maximum atomic E-state index is 13.2. The fourth-order valence-electron chi connectivity index (χ4n) is 2.87. The second-order valence-electron chi connectivity index (χ2n) is 5.94. The Morgan fingerprint density at radius 3 is 2.64 bits per heavy atom. The highest BCUT2D eigenvalue weighted by molar-refractivity contribution is 7.89. The van der Waals surface area contributed by atoms with Crippen LogP contribution in [-0.2, 0) is 21.4 Å². The minimum Gasteiger partial charge on any atom is -0.355 e. The van der Waals surface area contributed by atoms with Crippen LogP contribution in [-0.4, -0.2) is 31.2 Å². The number of nitrogens with one attached hydrogen (secondary N) is 1. The summed E-state index contributed by atoms with van der Waals surface area (Å²) in [6.07, 6.45) is 2.18. The van der Waals surface area contributed by atoms with Crippen LogP contribution in [0.25, 0.3) is 0 Å². The molecule has 1 aliphatic heterocycles. The highest BCUT2D eigenvalue weighted by Crippen LogP contribution is 2.26. The van der Waals surface area contributed by atoms with Gasteiger partial charge in [-0.3, -0.25) is 4.79 Å². The monoisotopic (exact) mass is 398 g/mol. The van der Waals surface area contributed by atoms with E-state index in [0.717, 1.165) is 18.4 Å². The summed E-state index contributed by atoms with van der Waals surface area (Å²) >= 11 is 7.38. The highest BCUT2D eigenvalue weighted by Gasteiger charge is 2.36. The Hall–Kier alpha value is -1.41. The van der Waals surface area contributed by atoms with Gasteiger partial charge in [-0.1, -0.05) is 11.6 Å². The van der Waals surface area contributed by atoms with Gasteiger partial charge in [0, 0.05) is 18.1 Å². The van der Waals surface area contributed by atoms with Crippen molar-refractivity contribution in [2.75, 3.05) is 6.54 Å². The number of amides is 1. The van der Waals surface area contributed by atoms with Crippen molar-refractivity contribution in [3.05, 3.63) is 51.7 Å². The number of sulfonamides is 1. The molecule has 2 aromatic rings. The third-order valence-electron chi connectivity index (χ3n) is 4.19. The Morgan fingerprint density at radius 2 is 1.96 bits per heavy atom. The Balaban J connectivity index is 2.00. The SMILES string of the molecule is O=C1NCCCCC1N(Cc1ccsc1)S(=O)(=O)c1ccc(Cl)cc1. The van der Waals surface area contributed by atoms with E-state index in [2.05, 4.69) is 5.32 Å². The number of thiophene rings is 1. The minimum absolute atomic E-state index is 0.143. The smallest absolute Gasteiger partial charge is 0.244 e. The number of nitrogens with zero attached hydrogens (tertiary/aromatic N) is 1. The van der Waals surface area contributed by atoms with Gasteiger partial charge in [0.25, 0.3) is 0 Å². The Bertz CT molecular complexity index is 820. The van der Waals surface area contributed by atoms with E-state index in [-0.39, 0.29) is 17.3 Å². The molecule has 1 aliphatic rings. The maximum absolute atomic E-state index is 13.2. The summed E-state index contributed by atoms with van der Waals surface area (Å²) < 4.78 is 27.8. The third kappa shape index (κ3) is 4.23. The lowest BCUT2D eigenvalue weighted by Crippen LogP contribution is -2.48. The quantitative estimate of drug-likeness (QED) is 0.840. The Morgan fingerprint density at radius 1 is 1.20 bits per heavy atom. The number of hydrogen-bond donors (Lipinski definition) is 1. The van der Waals surface area contributed by atoms with Crippen LogP contribution in [0.4, 0.5) is 0 Å². The summed E-state index contributed by atoms with van der Waals surface area (Å²) in [6, 6.07) is 7.22. The zero-order chi connectivity index (χ0) is 17.9. The average molecular weight is 399 g/mol. The molecule has 1 aromatic heterocycles. The van der Waals surface area contributed by atoms with E-state index in [1.807, 2.05) is 16.8 Å². The predicted molar refractivity (Wildman–Crippen MR) is 99.1 cm³/mol. The standard InChI is InChI=1S/C17H19ClN2O3S2/c18-14-4-6-15(7-5-14)25(22,23)20(11-13-8-10-24-12-13)16-3-1-2-9-19-17(16)21/h4-8,10,12,16H,1-3,9,11H2,(H,19,21). The Kier molecular flexibility index (Phi) is 5.78. The summed E-state index contributed by atoms with van der Waals surface area (Å²) in [4.78, 5) is 12.6. The van der Waals surface area contributed by atoms with Gasteiger partial charge in [-0.15, -0.1) is 0 Å². The molecule has 134 valence electrons. The van der Waals surface area contributed by atoms with Crippen molar-refractivity contribution in [2.45, 2.75) is 36.7 Å². The van der Waals surface area contributed by atoms with Crippen molar-refractivity contribution in [3.63, 3.8) is 0 Å². The fraction of sp³-hybridized carbons (Fsp3) is 0.353. The molecule has 0 aliphatic carbocycles. The molecule has 0 spiro atoms. The van der Waals surface area contributed by atoms with Crippen molar-refractivity contribution >= 4 is 38.9 Å². The molecule has 8 heteroatoms. The molecule has 0 saturated carbocycles. The van der Waals surface area contributed by atoms with Gasteiger partial charge in [-0.05, 0) is 65.9 Å². The van der Waals surface area contributed by atoms with E-state index in [1.54, 1.807) is 12.1 Å². The van der Waals surface area contributed by atoms with E-state index in [9.17, 15) is 13.2 Å². The summed E-state index contributed by atoms with van der Waals surface area (Å²) in [7, 11) is -3.82. The molecular formula is C17H19ClN2O3S2. The van der Waals surface area contributed by atoms with Crippen molar-refractivity contribution in [2.24, 2.45) is 0 Å². The number of benzene rings is 1. The Labute approximate surface area is 156 Å². The van der Waals surface area contributed by atoms with Gasteiger partial charge in [0.2, 0.25) is 15.9 Å². The molecule has 1 N–H and O–H groups in total. The molecule has 1 aromatic carbocycles. The van der Waals surface area contributed by atoms with E-state index >= 15 is 0 Å². The summed E-state index contributed by atoms with van der Waals surface area (Å²) in [5.41, 5.74) is 0.875. The van der Waals surface area contributed by atoms with Gasteiger partial charge in [0.15, 0.2) is 0 Å². The van der Waals surface area contributed by atoms with Gasteiger partial charge in [0.1, 0.15) is 6.04 Å². The van der Waals surface area contributed by atoms with Gasteiger partial charge in [0.05, 0.1) is 4.90 Å². The van der Waals surface area contributed by atoms with Gasteiger partial charge in [-0.2, -0.15) is 15.6 Å². The predicted octanol–water partition coefficient (Wildman–Crippen LogP) is 3.26.